The Morgan fingerprint density at radius 1 is 1.00 bits per heavy atom. The van der Waals surface area contributed by atoms with Crippen LogP contribution in [-0.4, -0.2) is 61.2 Å². The van der Waals surface area contributed by atoms with Gasteiger partial charge in [-0.2, -0.15) is 0 Å². The third-order valence-electron chi connectivity index (χ3n) is 2.99. The van der Waals surface area contributed by atoms with Crippen molar-refractivity contribution in [2.75, 3.05) is 20.3 Å². The number of ketones is 1. The van der Waals surface area contributed by atoms with Gasteiger partial charge in [-0.1, -0.05) is 0 Å². The molecule has 9 nitrogen and oxygen atoms in total. The molecule has 1 atom stereocenters. The molecule has 0 saturated carbocycles. The highest BCUT2D eigenvalue weighted by Gasteiger charge is 2.19. The average Bonchev–Trinajstić information content (AvgIpc) is 2.48. The molecule has 0 unspecified atom stereocenters. The Morgan fingerprint density at radius 3 is 1.97 bits per heavy atom. The summed E-state index contributed by atoms with van der Waals surface area (Å²) in [5, 5.41) is 5.09. The van der Waals surface area contributed by atoms with Gasteiger partial charge in [-0.15, -0.1) is 0 Å². The van der Waals surface area contributed by atoms with Gasteiger partial charge in [0.05, 0.1) is 30.7 Å². The minimum atomic E-state index is -0.731. The van der Waals surface area contributed by atoms with Crippen molar-refractivity contribution in [3.05, 3.63) is 11.8 Å². The topological polar surface area (TPSA) is 115 Å². The second-order valence-electron chi connectivity index (χ2n) is 8.52. The lowest BCUT2D eigenvalue weighted by Crippen LogP contribution is -2.40. The zero-order valence-corrected chi connectivity index (χ0v) is 19.0. The molecule has 29 heavy (non-hydrogen) atoms. The molecule has 0 aromatic heterocycles. The molecule has 0 aromatic carbocycles. The molecule has 0 bridgehead atoms. The van der Waals surface area contributed by atoms with Crippen LogP contribution in [-0.2, 0) is 19.0 Å². The zero-order valence-electron chi connectivity index (χ0n) is 19.0. The summed E-state index contributed by atoms with van der Waals surface area (Å²) >= 11 is 0. The number of nitrogens with one attached hydrogen (secondary N) is 2. The number of aliphatic imine (C=N–C) groups is 1. The van der Waals surface area contributed by atoms with Gasteiger partial charge in [0, 0.05) is 14.0 Å². The molecule has 0 aromatic rings. The van der Waals surface area contributed by atoms with Crippen LogP contribution in [0.2, 0.25) is 0 Å². The molecular formula is C20H35N3O6. The molecule has 2 amide bonds. The van der Waals surface area contributed by atoms with Crippen molar-refractivity contribution in [3.8, 4) is 0 Å². The van der Waals surface area contributed by atoms with E-state index in [2.05, 4.69) is 15.6 Å². The second kappa shape index (κ2) is 11.5. The van der Waals surface area contributed by atoms with Gasteiger partial charge < -0.3 is 19.5 Å². The Labute approximate surface area is 173 Å². The number of amides is 2. The average molecular weight is 414 g/mol. The number of rotatable bonds is 8. The summed E-state index contributed by atoms with van der Waals surface area (Å²) < 4.78 is 15.9. The lowest BCUT2D eigenvalue weighted by molar-refractivity contribution is -0.114. The summed E-state index contributed by atoms with van der Waals surface area (Å²) in [6.45, 7) is 13.9. The first-order valence-corrected chi connectivity index (χ1v) is 9.38. The normalized spacial score (nSPS) is 14.1. The zero-order chi connectivity index (χ0) is 22.8. The van der Waals surface area contributed by atoms with E-state index in [1.54, 1.807) is 55.5 Å². The number of carbonyl (C=O) groups is 3. The van der Waals surface area contributed by atoms with Gasteiger partial charge in [0.2, 0.25) is 0 Å². The Hall–Kier alpha value is -2.42. The van der Waals surface area contributed by atoms with E-state index in [1.165, 1.54) is 13.0 Å². The highest BCUT2D eigenvalue weighted by Crippen LogP contribution is 2.08. The fraction of sp³-hybridized carbons (Fsp3) is 0.700. The monoisotopic (exact) mass is 413 g/mol. The smallest absolute Gasteiger partial charge is 0.412 e. The second-order valence-corrected chi connectivity index (χ2v) is 8.52. The first-order chi connectivity index (χ1) is 13.1. The number of alkyl carbamates (subject to hydrolysis) is 2. The molecule has 0 aliphatic rings. The van der Waals surface area contributed by atoms with Crippen molar-refractivity contribution in [1.82, 2.24) is 10.6 Å². The molecule has 0 radical (unpaired) electrons. The number of nitrogens with zero attached hydrogens (tertiary/aromatic N) is 1. The molecular weight excluding hydrogens is 378 g/mol. The summed E-state index contributed by atoms with van der Waals surface area (Å²) in [4.78, 5) is 39.5. The van der Waals surface area contributed by atoms with Crippen molar-refractivity contribution in [2.24, 2.45) is 4.99 Å². The van der Waals surface area contributed by atoms with Crippen LogP contribution in [0.1, 0.15) is 55.4 Å². The van der Waals surface area contributed by atoms with E-state index in [0.29, 0.717) is 5.71 Å². The van der Waals surface area contributed by atoms with Crippen LogP contribution >= 0.6 is 0 Å². The highest BCUT2D eigenvalue weighted by atomic mass is 16.6. The summed E-state index contributed by atoms with van der Waals surface area (Å²) in [5.74, 6) is -0.350. The maximum atomic E-state index is 11.9. The summed E-state index contributed by atoms with van der Waals surface area (Å²) in [7, 11) is 1.54. The fourth-order valence-corrected chi connectivity index (χ4v) is 1.87. The largest absolute Gasteiger partial charge is 0.444 e. The van der Waals surface area contributed by atoms with Crippen LogP contribution in [0.15, 0.2) is 16.8 Å². The van der Waals surface area contributed by atoms with Gasteiger partial charge in [0.15, 0.2) is 5.78 Å². The van der Waals surface area contributed by atoms with Crippen LogP contribution in [0.4, 0.5) is 9.59 Å². The van der Waals surface area contributed by atoms with Crippen molar-refractivity contribution in [3.63, 3.8) is 0 Å². The van der Waals surface area contributed by atoms with Crippen LogP contribution in [0, 0.1) is 0 Å². The van der Waals surface area contributed by atoms with Crippen molar-refractivity contribution in [1.29, 1.82) is 0 Å². The maximum Gasteiger partial charge on any atom is 0.412 e. The Kier molecular flexibility index (Phi) is 10.6. The van der Waals surface area contributed by atoms with Crippen LogP contribution in [0.5, 0.6) is 0 Å². The number of allylic oxidation sites excluding steroid dienone is 1. The molecule has 0 heterocycles. The minimum Gasteiger partial charge on any atom is -0.444 e. The summed E-state index contributed by atoms with van der Waals surface area (Å²) in [6.07, 6.45) is 0.168. The van der Waals surface area contributed by atoms with E-state index in [0.717, 1.165) is 0 Å². The highest BCUT2D eigenvalue weighted by molar-refractivity contribution is 6.05. The van der Waals surface area contributed by atoms with Gasteiger partial charge in [-0.3, -0.25) is 15.1 Å². The van der Waals surface area contributed by atoms with Gasteiger partial charge >= 0.3 is 12.2 Å². The lowest BCUT2D eigenvalue weighted by Gasteiger charge is -2.22. The predicted molar refractivity (Wildman–Crippen MR) is 111 cm³/mol. The van der Waals surface area contributed by atoms with Crippen LogP contribution in [0.25, 0.3) is 0 Å². The quantitative estimate of drug-likeness (QED) is 0.467. The predicted octanol–water partition coefficient (Wildman–Crippen LogP) is 2.98. The Morgan fingerprint density at radius 2 is 1.52 bits per heavy atom. The van der Waals surface area contributed by atoms with E-state index in [1.807, 2.05) is 0 Å². The first kappa shape index (κ1) is 26.6. The number of carbonyl (C=O) groups excluding carboxylic acids is 3. The molecule has 9 heteroatoms. The molecule has 0 rings (SSSR count). The van der Waals surface area contributed by atoms with Crippen LogP contribution < -0.4 is 10.6 Å². The van der Waals surface area contributed by atoms with Crippen LogP contribution in [0.3, 0.4) is 0 Å². The van der Waals surface area contributed by atoms with Gasteiger partial charge in [-0.25, -0.2) is 9.59 Å². The van der Waals surface area contributed by atoms with E-state index in [-0.39, 0.29) is 30.7 Å². The Balaban J connectivity index is 4.73. The number of hydrogen-bond acceptors (Lipinski definition) is 7. The third kappa shape index (κ3) is 14.3. The SMILES string of the molecule is CN=C(/C=C(/NC(=O)OC(C)(C)C)C(C)=O)COC[C@@H](C)NC(=O)OC(C)(C)C. The van der Waals surface area contributed by atoms with Crippen molar-refractivity contribution in [2.45, 2.75) is 72.6 Å². The lowest BCUT2D eigenvalue weighted by atomic mass is 10.2. The fourth-order valence-electron chi connectivity index (χ4n) is 1.87. The van der Waals surface area contributed by atoms with E-state index in [4.69, 9.17) is 14.2 Å². The van der Waals surface area contributed by atoms with Crippen molar-refractivity contribution < 1.29 is 28.6 Å². The molecule has 0 saturated heterocycles. The number of hydrogen-bond donors (Lipinski definition) is 2. The number of ether oxygens (including phenoxy) is 3. The van der Waals surface area contributed by atoms with Crippen molar-refractivity contribution >= 4 is 23.7 Å². The summed E-state index contributed by atoms with van der Waals surface area (Å²) in [6, 6.07) is -0.292. The molecule has 0 fully saturated rings. The standard InChI is InChI=1S/C20H35N3O6/c1-13(22-17(25)28-19(3,4)5)11-27-12-15(21-9)10-16(14(2)24)23-18(26)29-20(6,7)8/h10,13H,11-12H2,1-9H3,(H,22,25)(H,23,26)/b16-10+,21-15?/t13-/m1/s1. The third-order valence-corrected chi connectivity index (χ3v) is 2.99. The molecule has 166 valence electrons. The van der Waals surface area contributed by atoms with E-state index < -0.39 is 23.4 Å². The number of Topliss-reactive ketones (excluding diaryl/α,β-unsaturated/α-hetero) is 1. The first-order valence-electron chi connectivity index (χ1n) is 9.38. The van der Waals surface area contributed by atoms with Gasteiger partial charge in [-0.05, 0) is 54.5 Å². The molecule has 0 aliphatic carbocycles. The molecule has 0 spiro atoms. The summed E-state index contributed by atoms with van der Waals surface area (Å²) in [5.41, 5.74) is -0.783. The van der Waals surface area contributed by atoms with Gasteiger partial charge in [0.25, 0.3) is 0 Å². The minimum absolute atomic E-state index is 0.0448. The molecule has 0 aliphatic heterocycles. The maximum absolute atomic E-state index is 11.9. The van der Waals surface area contributed by atoms with Gasteiger partial charge in [0.1, 0.15) is 11.2 Å². The molecule has 2 N–H and O–H groups in total. The van der Waals surface area contributed by atoms with E-state index in [9.17, 15) is 14.4 Å². The Bertz CT molecular complexity index is 642. The van der Waals surface area contributed by atoms with E-state index >= 15 is 0 Å².